The lowest BCUT2D eigenvalue weighted by atomic mass is 10.2. The second kappa shape index (κ2) is 8.79. The van der Waals surface area contributed by atoms with Crippen LogP contribution in [0.4, 0.5) is 26.5 Å². The Morgan fingerprint density at radius 2 is 2.13 bits per heavy atom. The summed E-state index contributed by atoms with van der Waals surface area (Å²) in [5, 5.41) is 5.53. The zero-order chi connectivity index (χ0) is 15.9. The maximum absolute atomic E-state index is 13.1. The molecule has 8 heteroatoms. The first-order chi connectivity index (χ1) is 10.6. The number of rotatable bonds is 5. The Morgan fingerprint density at radius 3 is 2.78 bits per heavy atom. The van der Waals surface area contributed by atoms with Gasteiger partial charge >= 0.3 is 6.09 Å². The largest absolute Gasteiger partial charge is 0.450 e. The highest BCUT2D eigenvalue weighted by atomic mass is 35.5. The van der Waals surface area contributed by atoms with Crippen LogP contribution in [0, 0.1) is 5.82 Å². The highest BCUT2D eigenvalue weighted by Gasteiger charge is 2.07. The van der Waals surface area contributed by atoms with Crippen molar-refractivity contribution in [2.45, 2.75) is 13.5 Å². The molecule has 0 atom stereocenters. The van der Waals surface area contributed by atoms with Gasteiger partial charge in [-0.3, -0.25) is 5.32 Å². The van der Waals surface area contributed by atoms with Crippen molar-refractivity contribution in [3.8, 4) is 0 Å². The number of nitrogens with one attached hydrogen (secondary N) is 2. The number of ether oxygens (including phenoxy) is 1. The highest BCUT2D eigenvalue weighted by molar-refractivity contribution is 5.88. The Bertz CT molecular complexity index is 670. The molecule has 0 bridgehead atoms. The van der Waals surface area contributed by atoms with Gasteiger partial charge in [-0.2, -0.15) is 0 Å². The average molecular weight is 341 g/mol. The molecule has 23 heavy (non-hydrogen) atoms. The summed E-state index contributed by atoms with van der Waals surface area (Å²) < 4.78 is 17.8. The molecule has 1 aromatic carbocycles. The summed E-state index contributed by atoms with van der Waals surface area (Å²) in [6, 6.07) is 9.55. The second-order valence-corrected chi connectivity index (χ2v) is 4.46. The number of hydrogen-bond donors (Lipinski definition) is 3. The molecule has 2 rings (SSSR count). The molecule has 0 saturated heterocycles. The van der Waals surface area contributed by atoms with E-state index in [0.717, 1.165) is 5.56 Å². The Balaban J connectivity index is 0.00000264. The summed E-state index contributed by atoms with van der Waals surface area (Å²) >= 11 is 0. The molecule has 1 heterocycles. The molecule has 6 nitrogen and oxygen atoms in total. The number of nitrogens with zero attached hydrogens (tertiary/aromatic N) is 1. The molecule has 0 spiro atoms. The Labute approximate surface area is 139 Å². The zero-order valence-electron chi connectivity index (χ0n) is 12.5. The van der Waals surface area contributed by atoms with Crippen LogP contribution in [0.1, 0.15) is 12.5 Å². The second-order valence-electron chi connectivity index (χ2n) is 4.46. The summed E-state index contributed by atoms with van der Waals surface area (Å²) in [5.74, 6) is 0.397. The zero-order valence-corrected chi connectivity index (χ0v) is 13.3. The van der Waals surface area contributed by atoms with Gasteiger partial charge in [0.1, 0.15) is 17.5 Å². The molecule has 124 valence electrons. The predicted molar refractivity (Wildman–Crippen MR) is 90.3 cm³/mol. The van der Waals surface area contributed by atoms with Gasteiger partial charge in [-0.15, -0.1) is 12.4 Å². The Hall–Kier alpha value is -2.54. The van der Waals surface area contributed by atoms with E-state index in [1.165, 1.54) is 12.1 Å². The molecular formula is C15H18ClFN4O2. The maximum atomic E-state index is 13.1. The summed E-state index contributed by atoms with van der Waals surface area (Å²) in [5.41, 5.74) is 6.93. The molecule has 1 amide bonds. The number of hydrogen-bond acceptors (Lipinski definition) is 5. The molecule has 2 aromatic rings. The fourth-order valence-electron chi connectivity index (χ4n) is 1.80. The third-order valence-electron chi connectivity index (χ3n) is 2.80. The van der Waals surface area contributed by atoms with Crippen molar-refractivity contribution in [2.24, 2.45) is 0 Å². The molecule has 0 aliphatic carbocycles. The number of nitrogen functional groups attached to an aromatic ring is 1. The van der Waals surface area contributed by atoms with Crippen LogP contribution in [0.25, 0.3) is 0 Å². The third-order valence-corrected chi connectivity index (χ3v) is 2.80. The van der Waals surface area contributed by atoms with Gasteiger partial charge in [-0.1, -0.05) is 12.1 Å². The third kappa shape index (κ3) is 5.63. The van der Waals surface area contributed by atoms with Crippen LogP contribution in [-0.4, -0.2) is 17.7 Å². The Morgan fingerprint density at radius 1 is 1.35 bits per heavy atom. The van der Waals surface area contributed by atoms with Gasteiger partial charge in [0.05, 0.1) is 12.3 Å². The van der Waals surface area contributed by atoms with Crippen LogP contribution in [0.5, 0.6) is 0 Å². The number of halogens is 2. The summed E-state index contributed by atoms with van der Waals surface area (Å²) in [6.07, 6.45) is -0.587. The monoisotopic (exact) mass is 340 g/mol. The van der Waals surface area contributed by atoms with Crippen molar-refractivity contribution in [1.29, 1.82) is 0 Å². The van der Waals surface area contributed by atoms with Crippen LogP contribution in [0.3, 0.4) is 0 Å². The van der Waals surface area contributed by atoms with Crippen LogP contribution in [0.2, 0.25) is 0 Å². The van der Waals surface area contributed by atoms with Gasteiger partial charge in [0.15, 0.2) is 0 Å². The summed E-state index contributed by atoms with van der Waals surface area (Å²) in [4.78, 5) is 15.5. The molecule has 0 aliphatic heterocycles. The van der Waals surface area contributed by atoms with Gasteiger partial charge in [0.25, 0.3) is 0 Å². The molecule has 4 N–H and O–H groups in total. The fourth-order valence-corrected chi connectivity index (χ4v) is 1.80. The number of nitrogens with two attached hydrogens (primary N) is 1. The maximum Gasteiger partial charge on any atom is 0.411 e. The van der Waals surface area contributed by atoms with E-state index in [1.807, 2.05) is 0 Å². The highest BCUT2D eigenvalue weighted by Crippen LogP contribution is 2.19. The summed E-state index contributed by atoms with van der Waals surface area (Å²) in [6.45, 7) is 2.39. The lowest BCUT2D eigenvalue weighted by Gasteiger charge is -2.10. The fraction of sp³-hybridized carbons (Fsp3) is 0.200. The van der Waals surface area contributed by atoms with E-state index in [1.54, 1.807) is 31.2 Å². The minimum atomic E-state index is -0.587. The van der Waals surface area contributed by atoms with Crippen molar-refractivity contribution in [3.05, 3.63) is 47.8 Å². The first-order valence-electron chi connectivity index (χ1n) is 6.77. The van der Waals surface area contributed by atoms with Crippen molar-refractivity contribution in [1.82, 2.24) is 4.98 Å². The molecule has 0 aliphatic rings. The molecule has 0 fully saturated rings. The first-order valence-corrected chi connectivity index (χ1v) is 6.77. The summed E-state index contributed by atoms with van der Waals surface area (Å²) in [7, 11) is 0. The Kier molecular flexibility index (Phi) is 7.08. The number of benzene rings is 1. The standard InChI is InChI=1S/C15H17FN4O2.ClH/c1-2-22-15(21)19-12-6-7-13(20-14(12)17)18-9-10-4-3-5-11(16)8-10;/h3-8H,2,9H2,1H3,(H,19,21)(H3,17,18,20);1H. The van der Waals surface area contributed by atoms with Crippen molar-refractivity contribution in [2.75, 3.05) is 23.0 Å². The number of carbonyl (C=O) groups is 1. The number of pyridine rings is 1. The topological polar surface area (TPSA) is 89.3 Å². The van der Waals surface area contributed by atoms with Gasteiger partial charge in [-0.05, 0) is 36.8 Å². The number of amides is 1. The van der Waals surface area contributed by atoms with E-state index in [4.69, 9.17) is 10.5 Å². The predicted octanol–water partition coefficient (Wildman–Crippen LogP) is 3.41. The van der Waals surface area contributed by atoms with Gasteiger partial charge in [0, 0.05) is 6.54 Å². The van der Waals surface area contributed by atoms with E-state index >= 15 is 0 Å². The van der Waals surface area contributed by atoms with Crippen LogP contribution in [-0.2, 0) is 11.3 Å². The lowest BCUT2D eigenvalue weighted by molar-refractivity contribution is 0.168. The lowest BCUT2D eigenvalue weighted by Crippen LogP contribution is -2.15. The minimum Gasteiger partial charge on any atom is -0.450 e. The van der Waals surface area contributed by atoms with Crippen LogP contribution in [0.15, 0.2) is 36.4 Å². The van der Waals surface area contributed by atoms with Crippen LogP contribution >= 0.6 is 12.4 Å². The van der Waals surface area contributed by atoms with Gasteiger partial charge < -0.3 is 15.8 Å². The van der Waals surface area contributed by atoms with Crippen LogP contribution < -0.4 is 16.4 Å². The van der Waals surface area contributed by atoms with Gasteiger partial charge in [-0.25, -0.2) is 14.2 Å². The number of aromatic nitrogens is 1. The molecular weight excluding hydrogens is 323 g/mol. The number of carbonyl (C=O) groups excluding carboxylic acids is 1. The van der Waals surface area contributed by atoms with Crippen molar-refractivity contribution in [3.63, 3.8) is 0 Å². The quantitative estimate of drug-likeness (QED) is 0.776. The van der Waals surface area contributed by atoms with E-state index in [-0.39, 0.29) is 30.6 Å². The van der Waals surface area contributed by atoms with E-state index in [0.29, 0.717) is 18.1 Å². The molecule has 0 unspecified atom stereocenters. The van der Waals surface area contributed by atoms with Crippen molar-refractivity contribution < 1.29 is 13.9 Å². The van der Waals surface area contributed by atoms with Gasteiger partial charge in [0.2, 0.25) is 0 Å². The minimum absolute atomic E-state index is 0. The van der Waals surface area contributed by atoms with Crippen molar-refractivity contribution >= 4 is 35.8 Å². The van der Waals surface area contributed by atoms with E-state index in [2.05, 4.69) is 15.6 Å². The first kappa shape index (κ1) is 18.5. The van der Waals surface area contributed by atoms with E-state index < -0.39 is 6.09 Å². The number of anilines is 3. The molecule has 1 aromatic heterocycles. The molecule has 0 radical (unpaired) electrons. The SMILES string of the molecule is CCOC(=O)Nc1ccc(NCc2cccc(F)c2)nc1N.Cl. The molecule has 0 saturated carbocycles. The average Bonchev–Trinajstić information content (AvgIpc) is 2.48. The van der Waals surface area contributed by atoms with E-state index in [9.17, 15) is 9.18 Å². The normalized spacial score (nSPS) is 9.65. The smallest absolute Gasteiger partial charge is 0.411 e.